The maximum atomic E-state index is 11.0. The highest BCUT2D eigenvalue weighted by atomic mass is 16.3. The summed E-state index contributed by atoms with van der Waals surface area (Å²) in [6.45, 7) is 11.9. The average Bonchev–Trinajstić information content (AvgIpc) is 2.59. The molecule has 0 aromatic rings. The molecule has 4 fully saturated rings. The van der Waals surface area contributed by atoms with E-state index in [0.29, 0.717) is 16.7 Å². The van der Waals surface area contributed by atoms with Crippen LogP contribution in [-0.2, 0) is 0 Å². The SMILES string of the molecule is C=C1C(O)[C@]23CC[C@H]4C(C)(C)CCC[C@]4(C)[C@H]2CC[C@H]1C3. The van der Waals surface area contributed by atoms with E-state index < -0.39 is 0 Å². The standard InChI is InChI=1S/C20H32O/c1-13-14-6-7-16-19(4)10-5-9-18(2,3)15(19)8-11-20(16,12-14)17(13)21/h14-17,21H,1,5-12H2,2-4H3/t14-,15-,16+,17?,19-,20-/m0/s1. The lowest BCUT2D eigenvalue weighted by Gasteiger charge is -2.64. The van der Waals surface area contributed by atoms with Crippen molar-refractivity contribution < 1.29 is 5.11 Å². The first-order valence-electron chi connectivity index (χ1n) is 9.18. The van der Waals surface area contributed by atoms with Gasteiger partial charge in [0.05, 0.1) is 6.10 Å². The molecule has 4 aliphatic rings. The van der Waals surface area contributed by atoms with Crippen LogP contribution in [0.15, 0.2) is 12.2 Å². The molecule has 1 unspecified atom stereocenters. The van der Waals surface area contributed by atoms with Crippen molar-refractivity contribution in [3.05, 3.63) is 12.2 Å². The zero-order valence-corrected chi connectivity index (χ0v) is 14.1. The smallest absolute Gasteiger partial charge is 0.0809 e. The molecule has 0 aliphatic heterocycles. The van der Waals surface area contributed by atoms with Gasteiger partial charge in [0, 0.05) is 5.41 Å². The van der Waals surface area contributed by atoms with Gasteiger partial charge in [-0.25, -0.2) is 0 Å². The van der Waals surface area contributed by atoms with E-state index in [0.717, 1.165) is 11.8 Å². The minimum atomic E-state index is -0.210. The van der Waals surface area contributed by atoms with E-state index in [4.69, 9.17) is 0 Å². The van der Waals surface area contributed by atoms with Gasteiger partial charge in [-0.15, -0.1) is 0 Å². The van der Waals surface area contributed by atoms with Crippen LogP contribution in [0, 0.1) is 34.0 Å². The van der Waals surface area contributed by atoms with Gasteiger partial charge in [0.25, 0.3) is 0 Å². The van der Waals surface area contributed by atoms with E-state index in [1.807, 2.05) is 0 Å². The monoisotopic (exact) mass is 288 g/mol. The van der Waals surface area contributed by atoms with Crippen LogP contribution >= 0.6 is 0 Å². The van der Waals surface area contributed by atoms with E-state index in [-0.39, 0.29) is 11.5 Å². The second-order valence-corrected chi connectivity index (χ2v) is 9.68. The zero-order chi connectivity index (χ0) is 15.0. The zero-order valence-electron chi connectivity index (χ0n) is 14.1. The molecule has 1 nitrogen and oxygen atoms in total. The second-order valence-electron chi connectivity index (χ2n) is 9.68. The fourth-order valence-electron chi connectivity index (χ4n) is 7.69. The lowest BCUT2D eigenvalue weighted by atomic mass is 9.41. The molecule has 0 radical (unpaired) electrons. The van der Waals surface area contributed by atoms with Crippen molar-refractivity contribution in [3.63, 3.8) is 0 Å². The normalized spacial score (nSPS) is 55.0. The summed E-state index contributed by atoms with van der Waals surface area (Å²) in [5, 5.41) is 11.0. The van der Waals surface area contributed by atoms with Crippen LogP contribution < -0.4 is 0 Å². The van der Waals surface area contributed by atoms with Crippen LogP contribution in [0.1, 0.15) is 72.1 Å². The molecule has 0 aromatic heterocycles. The van der Waals surface area contributed by atoms with Crippen LogP contribution in [0.3, 0.4) is 0 Å². The minimum absolute atomic E-state index is 0.193. The number of rotatable bonds is 0. The fraction of sp³-hybridized carbons (Fsp3) is 0.900. The summed E-state index contributed by atoms with van der Waals surface area (Å²) < 4.78 is 0. The van der Waals surface area contributed by atoms with Crippen molar-refractivity contribution >= 4 is 0 Å². The number of fused-ring (bicyclic) bond motifs is 3. The van der Waals surface area contributed by atoms with Crippen molar-refractivity contribution in [2.75, 3.05) is 0 Å². The molecule has 0 amide bonds. The van der Waals surface area contributed by atoms with Crippen molar-refractivity contribution in [1.82, 2.24) is 0 Å². The Kier molecular flexibility index (Phi) is 2.83. The van der Waals surface area contributed by atoms with Crippen LogP contribution in [0.25, 0.3) is 0 Å². The third-order valence-electron chi connectivity index (χ3n) is 8.51. The van der Waals surface area contributed by atoms with E-state index in [1.54, 1.807) is 0 Å². The van der Waals surface area contributed by atoms with Gasteiger partial charge in [-0.1, -0.05) is 33.8 Å². The molecular weight excluding hydrogens is 256 g/mol. The summed E-state index contributed by atoms with van der Waals surface area (Å²) in [4.78, 5) is 0. The average molecular weight is 288 g/mol. The third kappa shape index (κ3) is 1.62. The van der Waals surface area contributed by atoms with Crippen molar-refractivity contribution in [1.29, 1.82) is 0 Å². The van der Waals surface area contributed by atoms with Gasteiger partial charge in [-0.2, -0.15) is 0 Å². The first-order valence-corrected chi connectivity index (χ1v) is 9.18. The molecule has 4 aliphatic carbocycles. The molecule has 6 atom stereocenters. The summed E-state index contributed by atoms with van der Waals surface area (Å²) >= 11 is 0. The Morgan fingerprint density at radius 1 is 1.00 bits per heavy atom. The van der Waals surface area contributed by atoms with Gasteiger partial charge in [0.15, 0.2) is 0 Å². The molecule has 21 heavy (non-hydrogen) atoms. The van der Waals surface area contributed by atoms with Crippen molar-refractivity contribution in [3.8, 4) is 0 Å². The molecular formula is C20H32O. The number of aliphatic hydroxyl groups is 1. The molecule has 4 saturated carbocycles. The lowest BCUT2D eigenvalue weighted by molar-refractivity contribution is -0.167. The summed E-state index contributed by atoms with van der Waals surface area (Å²) in [6.07, 6.45) is 10.4. The largest absolute Gasteiger partial charge is 0.388 e. The first-order chi connectivity index (χ1) is 9.81. The molecule has 0 saturated heterocycles. The van der Waals surface area contributed by atoms with Crippen LogP contribution in [-0.4, -0.2) is 11.2 Å². The van der Waals surface area contributed by atoms with Gasteiger partial charge in [0.2, 0.25) is 0 Å². The maximum absolute atomic E-state index is 11.0. The predicted molar refractivity (Wildman–Crippen MR) is 86.9 cm³/mol. The van der Waals surface area contributed by atoms with Gasteiger partial charge in [-0.05, 0) is 79.1 Å². The van der Waals surface area contributed by atoms with E-state index in [1.165, 1.54) is 56.9 Å². The topological polar surface area (TPSA) is 20.2 Å². The lowest BCUT2D eigenvalue weighted by Crippen LogP contribution is -2.58. The molecule has 0 heterocycles. The molecule has 2 bridgehead atoms. The molecule has 1 N–H and O–H groups in total. The maximum Gasteiger partial charge on any atom is 0.0809 e. The van der Waals surface area contributed by atoms with Gasteiger partial charge in [-0.3, -0.25) is 0 Å². The number of hydrogen-bond acceptors (Lipinski definition) is 1. The van der Waals surface area contributed by atoms with E-state index >= 15 is 0 Å². The molecule has 0 aromatic carbocycles. The fourth-order valence-corrected chi connectivity index (χ4v) is 7.69. The summed E-state index contributed by atoms with van der Waals surface area (Å²) in [5.74, 6) is 2.20. The first kappa shape index (κ1) is 14.3. The Morgan fingerprint density at radius 3 is 2.52 bits per heavy atom. The van der Waals surface area contributed by atoms with Crippen LogP contribution in [0.4, 0.5) is 0 Å². The molecule has 118 valence electrons. The highest BCUT2D eigenvalue weighted by molar-refractivity contribution is 5.27. The minimum Gasteiger partial charge on any atom is -0.388 e. The quantitative estimate of drug-likeness (QED) is 0.626. The number of hydrogen-bond donors (Lipinski definition) is 1. The molecule has 1 spiro atoms. The van der Waals surface area contributed by atoms with Gasteiger partial charge in [0.1, 0.15) is 0 Å². The highest BCUT2D eigenvalue weighted by Crippen LogP contribution is 2.71. The summed E-state index contributed by atoms with van der Waals surface area (Å²) in [6, 6.07) is 0. The predicted octanol–water partition coefficient (Wildman–Crippen LogP) is 4.95. The van der Waals surface area contributed by atoms with Crippen molar-refractivity contribution in [2.45, 2.75) is 78.2 Å². The summed E-state index contributed by atoms with van der Waals surface area (Å²) in [5.41, 5.74) is 2.32. The van der Waals surface area contributed by atoms with Crippen molar-refractivity contribution in [2.24, 2.45) is 34.0 Å². The molecule has 4 rings (SSSR count). The van der Waals surface area contributed by atoms with Gasteiger partial charge >= 0.3 is 0 Å². The van der Waals surface area contributed by atoms with E-state index in [9.17, 15) is 5.11 Å². The number of aliphatic hydroxyl groups excluding tert-OH is 1. The third-order valence-corrected chi connectivity index (χ3v) is 8.51. The molecule has 1 heteroatoms. The Balaban J connectivity index is 1.77. The van der Waals surface area contributed by atoms with Gasteiger partial charge < -0.3 is 5.11 Å². The Hall–Kier alpha value is -0.300. The van der Waals surface area contributed by atoms with Crippen LogP contribution in [0.5, 0.6) is 0 Å². The second kappa shape index (κ2) is 4.16. The Labute approximate surface area is 130 Å². The Bertz CT molecular complexity index is 478. The van der Waals surface area contributed by atoms with Crippen LogP contribution in [0.2, 0.25) is 0 Å². The van der Waals surface area contributed by atoms with E-state index in [2.05, 4.69) is 27.4 Å². The highest BCUT2D eigenvalue weighted by Gasteiger charge is 2.65. The Morgan fingerprint density at radius 2 is 1.76 bits per heavy atom. The summed E-state index contributed by atoms with van der Waals surface area (Å²) in [7, 11) is 0.